The quantitative estimate of drug-likeness (QED) is 0.756. The lowest BCUT2D eigenvalue weighted by atomic mass is 10.1. The standard InChI is InChI=1S/C15H19N3O3/c1-2-16-13(19)10-18-14(20)12(17-15(18)21)9-8-11-6-4-3-5-7-11/h3-7,12H,2,8-10H2,1H3,(H,16,19)(H,17,21)/t12-/m0/s1. The van der Waals surface area contributed by atoms with Crippen LogP contribution in [-0.4, -0.2) is 41.9 Å². The smallest absolute Gasteiger partial charge is 0.325 e. The zero-order valence-corrected chi connectivity index (χ0v) is 12.0. The Kier molecular flexibility index (Phi) is 4.92. The van der Waals surface area contributed by atoms with Crippen LogP contribution in [-0.2, 0) is 16.0 Å². The molecule has 0 saturated carbocycles. The van der Waals surface area contributed by atoms with Gasteiger partial charge in [-0.1, -0.05) is 30.3 Å². The van der Waals surface area contributed by atoms with Gasteiger partial charge in [-0.15, -0.1) is 0 Å². The monoisotopic (exact) mass is 289 g/mol. The Labute approximate surface area is 123 Å². The van der Waals surface area contributed by atoms with Crippen LogP contribution >= 0.6 is 0 Å². The van der Waals surface area contributed by atoms with Crippen molar-refractivity contribution in [1.82, 2.24) is 15.5 Å². The van der Waals surface area contributed by atoms with Crippen molar-refractivity contribution in [3.63, 3.8) is 0 Å². The van der Waals surface area contributed by atoms with E-state index in [1.165, 1.54) is 0 Å². The highest BCUT2D eigenvalue weighted by Crippen LogP contribution is 2.12. The molecule has 4 amide bonds. The van der Waals surface area contributed by atoms with Crippen molar-refractivity contribution in [2.45, 2.75) is 25.8 Å². The Bertz CT molecular complexity index is 530. The summed E-state index contributed by atoms with van der Waals surface area (Å²) in [5.74, 6) is -0.660. The van der Waals surface area contributed by atoms with Crippen LogP contribution in [0, 0.1) is 0 Å². The van der Waals surface area contributed by atoms with Crippen LogP contribution in [0.15, 0.2) is 30.3 Å². The maximum Gasteiger partial charge on any atom is 0.325 e. The van der Waals surface area contributed by atoms with Crippen molar-refractivity contribution < 1.29 is 14.4 Å². The molecule has 2 rings (SSSR count). The molecule has 0 bridgehead atoms. The van der Waals surface area contributed by atoms with E-state index in [1.807, 2.05) is 30.3 Å². The number of amides is 4. The van der Waals surface area contributed by atoms with Crippen molar-refractivity contribution in [3.05, 3.63) is 35.9 Å². The molecule has 1 aromatic rings. The van der Waals surface area contributed by atoms with E-state index in [1.54, 1.807) is 6.92 Å². The summed E-state index contributed by atoms with van der Waals surface area (Å²) in [5, 5.41) is 5.20. The number of nitrogens with one attached hydrogen (secondary N) is 2. The third kappa shape index (κ3) is 3.81. The van der Waals surface area contributed by atoms with Crippen molar-refractivity contribution in [2.24, 2.45) is 0 Å². The summed E-state index contributed by atoms with van der Waals surface area (Å²) in [5.41, 5.74) is 1.11. The Balaban J connectivity index is 1.90. The highest BCUT2D eigenvalue weighted by molar-refractivity contribution is 6.06. The fourth-order valence-corrected chi connectivity index (χ4v) is 2.27. The summed E-state index contributed by atoms with van der Waals surface area (Å²) in [6, 6.07) is 8.72. The minimum absolute atomic E-state index is 0.222. The van der Waals surface area contributed by atoms with E-state index in [0.717, 1.165) is 10.5 Å². The fourth-order valence-electron chi connectivity index (χ4n) is 2.27. The summed E-state index contributed by atoms with van der Waals surface area (Å²) >= 11 is 0. The molecule has 1 atom stereocenters. The molecule has 21 heavy (non-hydrogen) atoms. The topological polar surface area (TPSA) is 78.5 Å². The average molecular weight is 289 g/mol. The molecule has 0 spiro atoms. The summed E-state index contributed by atoms with van der Waals surface area (Å²) in [6.07, 6.45) is 1.23. The second-order valence-corrected chi connectivity index (χ2v) is 4.90. The minimum atomic E-state index is -0.549. The predicted octanol–water partition coefficient (Wildman–Crippen LogP) is 0.676. The zero-order chi connectivity index (χ0) is 15.2. The second kappa shape index (κ2) is 6.88. The van der Waals surface area contributed by atoms with Gasteiger partial charge in [-0.25, -0.2) is 4.79 Å². The van der Waals surface area contributed by atoms with E-state index in [-0.39, 0.29) is 18.4 Å². The normalized spacial score (nSPS) is 17.8. The number of imide groups is 1. The van der Waals surface area contributed by atoms with Crippen molar-refractivity contribution >= 4 is 17.8 Å². The second-order valence-electron chi connectivity index (χ2n) is 4.90. The molecule has 2 N–H and O–H groups in total. The van der Waals surface area contributed by atoms with Gasteiger partial charge in [0.05, 0.1) is 0 Å². The minimum Gasteiger partial charge on any atom is -0.355 e. The molecule has 6 heteroatoms. The van der Waals surface area contributed by atoms with E-state index < -0.39 is 12.1 Å². The van der Waals surface area contributed by atoms with Gasteiger partial charge in [0.1, 0.15) is 12.6 Å². The number of rotatable bonds is 6. The maximum atomic E-state index is 12.1. The number of aryl methyl sites for hydroxylation is 1. The molecule has 0 aliphatic carbocycles. The van der Waals surface area contributed by atoms with Crippen molar-refractivity contribution in [3.8, 4) is 0 Å². The summed E-state index contributed by atoms with van der Waals surface area (Å²) in [7, 11) is 0. The van der Waals surface area contributed by atoms with E-state index >= 15 is 0 Å². The molecular formula is C15H19N3O3. The summed E-state index contributed by atoms with van der Waals surface area (Å²) < 4.78 is 0. The molecule has 0 radical (unpaired) electrons. The van der Waals surface area contributed by atoms with Crippen LogP contribution in [0.2, 0.25) is 0 Å². The summed E-state index contributed by atoms with van der Waals surface area (Å²) in [6.45, 7) is 2.03. The molecular weight excluding hydrogens is 270 g/mol. The molecule has 6 nitrogen and oxygen atoms in total. The first kappa shape index (κ1) is 15.0. The number of likely N-dealkylation sites (N-methyl/N-ethyl adjacent to an activating group) is 1. The van der Waals surface area contributed by atoms with Crippen LogP contribution < -0.4 is 10.6 Å². The molecule has 1 fully saturated rings. The van der Waals surface area contributed by atoms with Crippen LogP contribution in [0.25, 0.3) is 0 Å². The van der Waals surface area contributed by atoms with Crippen LogP contribution in [0.3, 0.4) is 0 Å². The molecule has 1 saturated heterocycles. The lowest BCUT2D eigenvalue weighted by Crippen LogP contribution is -2.41. The number of carbonyl (C=O) groups is 3. The van der Waals surface area contributed by atoms with Gasteiger partial charge in [-0.05, 0) is 25.3 Å². The Morgan fingerprint density at radius 1 is 1.29 bits per heavy atom. The number of carbonyl (C=O) groups excluding carboxylic acids is 3. The molecule has 1 aliphatic rings. The summed E-state index contributed by atoms with van der Waals surface area (Å²) in [4.78, 5) is 36.4. The Morgan fingerprint density at radius 3 is 2.67 bits per heavy atom. The fraction of sp³-hybridized carbons (Fsp3) is 0.400. The molecule has 0 aromatic heterocycles. The number of urea groups is 1. The van der Waals surface area contributed by atoms with Gasteiger partial charge < -0.3 is 10.6 Å². The maximum absolute atomic E-state index is 12.1. The van der Waals surface area contributed by atoms with Crippen molar-refractivity contribution in [2.75, 3.05) is 13.1 Å². The highest BCUT2D eigenvalue weighted by Gasteiger charge is 2.38. The van der Waals surface area contributed by atoms with Crippen LogP contribution in [0.1, 0.15) is 18.9 Å². The first-order valence-electron chi connectivity index (χ1n) is 7.04. The predicted molar refractivity (Wildman–Crippen MR) is 77.5 cm³/mol. The molecule has 0 unspecified atom stereocenters. The number of nitrogens with zero attached hydrogens (tertiary/aromatic N) is 1. The third-order valence-electron chi connectivity index (χ3n) is 3.35. The third-order valence-corrected chi connectivity index (χ3v) is 3.35. The van der Waals surface area contributed by atoms with Gasteiger partial charge in [0.2, 0.25) is 5.91 Å². The first-order valence-corrected chi connectivity index (χ1v) is 7.04. The van der Waals surface area contributed by atoms with Crippen LogP contribution in [0.5, 0.6) is 0 Å². The van der Waals surface area contributed by atoms with Gasteiger partial charge in [0.25, 0.3) is 5.91 Å². The van der Waals surface area contributed by atoms with Gasteiger partial charge in [-0.2, -0.15) is 0 Å². The number of hydrogen-bond acceptors (Lipinski definition) is 3. The SMILES string of the molecule is CCNC(=O)CN1C(=O)N[C@@H](CCc2ccccc2)C1=O. The largest absolute Gasteiger partial charge is 0.355 e. The Morgan fingerprint density at radius 2 is 2.00 bits per heavy atom. The van der Waals surface area contributed by atoms with Gasteiger partial charge >= 0.3 is 6.03 Å². The number of benzene rings is 1. The van der Waals surface area contributed by atoms with Gasteiger partial charge in [0.15, 0.2) is 0 Å². The first-order chi connectivity index (χ1) is 10.1. The molecule has 1 aliphatic heterocycles. The van der Waals surface area contributed by atoms with E-state index in [4.69, 9.17) is 0 Å². The van der Waals surface area contributed by atoms with Gasteiger partial charge in [-0.3, -0.25) is 14.5 Å². The van der Waals surface area contributed by atoms with Gasteiger partial charge in [0, 0.05) is 6.54 Å². The van der Waals surface area contributed by atoms with E-state index in [9.17, 15) is 14.4 Å². The van der Waals surface area contributed by atoms with E-state index in [2.05, 4.69) is 10.6 Å². The van der Waals surface area contributed by atoms with E-state index in [0.29, 0.717) is 19.4 Å². The molecule has 112 valence electrons. The lowest BCUT2D eigenvalue weighted by molar-refractivity contribution is -0.132. The van der Waals surface area contributed by atoms with Crippen LogP contribution in [0.4, 0.5) is 4.79 Å². The lowest BCUT2D eigenvalue weighted by Gasteiger charge is -2.12. The zero-order valence-electron chi connectivity index (χ0n) is 12.0. The average Bonchev–Trinajstić information content (AvgIpc) is 2.74. The Hall–Kier alpha value is -2.37. The molecule has 1 aromatic carbocycles. The van der Waals surface area contributed by atoms with Crippen molar-refractivity contribution in [1.29, 1.82) is 0 Å². The highest BCUT2D eigenvalue weighted by atomic mass is 16.2. The molecule has 1 heterocycles. The number of hydrogen-bond donors (Lipinski definition) is 2.